The molecule has 0 amide bonds. The molecule has 3 nitrogen and oxygen atoms in total. The largest absolute Gasteiger partial charge is 0.323 e. The fourth-order valence-electron chi connectivity index (χ4n) is 2.00. The van der Waals surface area contributed by atoms with Gasteiger partial charge >= 0.3 is 0 Å². The summed E-state index contributed by atoms with van der Waals surface area (Å²) in [4.78, 5) is 6.78. The minimum absolute atomic E-state index is 0.0177. The Morgan fingerprint density at radius 2 is 2.21 bits per heavy atom. The van der Waals surface area contributed by atoms with Crippen LogP contribution in [0.1, 0.15) is 18.3 Å². The molecule has 1 fully saturated rings. The van der Waals surface area contributed by atoms with Crippen molar-refractivity contribution < 1.29 is 0 Å². The fraction of sp³-hybridized carbons (Fsp3) is 0.545. The van der Waals surface area contributed by atoms with Gasteiger partial charge in [-0.25, -0.2) is 0 Å². The summed E-state index contributed by atoms with van der Waals surface area (Å²) in [5, 5.41) is 0. The number of pyridine rings is 1. The number of aromatic nitrogens is 1. The molecule has 3 heteroatoms. The molecule has 0 atom stereocenters. The highest BCUT2D eigenvalue weighted by atomic mass is 15.2. The number of rotatable bonds is 2. The average molecular weight is 191 g/mol. The summed E-state index contributed by atoms with van der Waals surface area (Å²) >= 11 is 0. The highest BCUT2D eigenvalue weighted by molar-refractivity contribution is 5.11. The van der Waals surface area contributed by atoms with Crippen molar-refractivity contribution in [1.29, 1.82) is 0 Å². The van der Waals surface area contributed by atoms with E-state index in [0.717, 1.165) is 31.0 Å². The second kappa shape index (κ2) is 3.33. The Kier molecular flexibility index (Phi) is 2.29. The van der Waals surface area contributed by atoms with Crippen molar-refractivity contribution in [1.82, 2.24) is 9.88 Å². The minimum Gasteiger partial charge on any atom is -0.323 e. The third-order valence-electron chi connectivity index (χ3n) is 2.50. The third kappa shape index (κ3) is 2.11. The molecule has 1 aromatic rings. The summed E-state index contributed by atoms with van der Waals surface area (Å²) in [6.45, 7) is 6.99. The maximum absolute atomic E-state index is 5.93. The van der Waals surface area contributed by atoms with Gasteiger partial charge in [0.1, 0.15) is 0 Å². The number of hydrogen-bond donors (Lipinski definition) is 1. The smallest absolute Gasteiger partial charge is 0.0547 e. The van der Waals surface area contributed by atoms with Gasteiger partial charge in [-0.2, -0.15) is 0 Å². The van der Waals surface area contributed by atoms with Gasteiger partial charge < -0.3 is 5.73 Å². The Hall–Kier alpha value is -0.930. The molecular formula is C11H17N3. The highest BCUT2D eigenvalue weighted by Crippen LogP contribution is 2.19. The zero-order chi connectivity index (χ0) is 10.2. The maximum Gasteiger partial charge on any atom is 0.0547 e. The van der Waals surface area contributed by atoms with Gasteiger partial charge in [-0.3, -0.25) is 9.88 Å². The van der Waals surface area contributed by atoms with Crippen molar-refractivity contribution in [2.45, 2.75) is 25.9 Å². The van der Waals surface area contributed by atoms with E-state index in [9.17, 15) is 0 Å². The fourth-order valence-corrected chi connectivity index (χ4v) is 2.00. The van der Waals surface area contributed by atoms with Crippen molar-refractivity contribution >= 4 is 0 Å². The van der Waals surface area contributed by atoms with Gasteiger partial charge in [-0.1, -0.05) is 6.07 Å². The summed E-state index contributed by atoms with van der Waals surface area (Å²) in [6.07, 6.45) is 0. The molecule has 0 saturated carbocycles. The van der Waals surface area contributed by atoms with Crippen molar-refractivity contribution in [2.24, 2.45) is 5.73 Å². The van der Waals surface area contributed by atoms with Crippen LogP contribution in [0.4, 0.5) is 0 Å². The first-order valence-electron chi connectivity index (χ1n) is 4.99. The van der Waals surface area contributed by atoms with Crippen LogP contribution in [-0.2, 0) is 6.54 Å². The van der Waals surface area contributed by atoms with Gasteiger partial charge in [0, 0.05) is 30.9 Å². The van der Waals surface area contributed by atoms with E-state index in [1.807, 2.05) is 13.0 Å². The Morgan fingerprint density at radius 3 is 2.79 bits per heavy atom. The molecule has 2 N–H and O–H groups in total. The molecule has 0 radical (unpaired) electrons. The first kappa shape index (κ1) is 9.62. The minimum atomic E-state index is 0.0177. The number of nitrogens with zero attached hydrogens (tertiary/aromatic N) is 2. The number of nitrogens with two attached hydrogens (primary N) is 1. The van der Waals surface area contributed by atoms with Gasteiger partial charge in [0.15, 0.2) is 0 Å². The van der Waals surface area contributed by atoms with E-state index >= 15 is 0 Å². The van der Waals surface area contributed by atoms with Crippen LogP contribution in [0.25, 0.3) is 0 Å². The lowest BCUT2D eigenvalue weighted by Crippen LogP contribution is -2.64. The van der Waals surface area contributed by atoms with Crippen molar-refractivity contribution in [3.8, 4) is 0 Å². The maximum atomic E-state index is 5.93. The monoisotopic (exact) mass is 191 g/mol. The Bertz CT molecular complexity index is 325. The van der Waals surface area contributed by atoms with Crippen LogP contribution < -0.4 is 5.73 Å². The molecule has 0 aromatic carbocycles. The van der Waals surface area contributed by atoms with Crippen molar-refractivity contribution in [3.05, 3.63) is 29.6 Å². The topological polar surface area (TPSA) is 42.1 Å². The second-order valence-corrected chi connectivity index (χ2v) is 4.57. The van der Waals surface area contributed by atoms with Gasteiger partial charge in [0.05, 0.1) is 5.69 Å². The molecule has 0 unspecified atom stereocenters. The molecule has 0 spiro atoms. The molecule has 1 aliphatic rings. The summed E-state index contributed by atoms with van der Waals surface area (Å²) in [7, 11) is 0. The normalized spacial score (nSPS) is 20.5. The zero-order valence-electron chi connectivity index (χ0n) is 8.83. The Balaban J connectivity index is 1.93. The molecule has 76 valence electrons. The van der Waals surface area contributed by atoms with Gasteiger partial charge in [0.2, 0.25) is 0 Å². The predicted octanol–water partition coefficient (Wildman–Crippen LogP) is 0.923. The van der Waals surface area contributed by atoms with Crippen LogP contribution in [0, 0.1) is 6.92 Å². The molecule has 2 rings (SSSR count). The number of aryl methyl sites for hydroxylation is 1. The molecule has 0 aliphatic carbocycles. The molecule has 2 heterocycles. The van der Waals surface area contributed by atoms with E-state index in [2.05, 4.69) is 28.9 Å². The van der Waals surface area contributed by atoms with E-state index in [-0.39, 0.29) is 5.54 Å². The van der Waals surface area contributed by atoms with Crippen LogP contribution >= 0.6 is 0 Å². The first-order chi connectivity index (χ1) is 6.55. The van der Waals surface area contributed by atoms with Crippen LogP contribution in [-0.4, -0.2) is 28.5 Å². The summed E-state index contributed by atoms with van der Waals surface area (Å²) in [5.41, 5.74) is 8.17. The summed E-state index contributed by atoms with van der Waals surface area (Å²) < 4.78 is 0. The van der Waals surface area contributed by atoms with E-state index in [0.29, 0.717) is 0 Å². The number of hydrogen-bond acceptors (Lipinski definition) is 3. The van der Waals surface area contributed by atoms with Crippen LogP contribution in [0.2, 0.25) is 0 Å². The predicted molar refractivity (Wildman–Crippen MR) is 56.8 cm³/mol. The summed E-state index contributed by atoms with van der Waals surface area (Å²) in [5.74, 6) is 0. The van der Waals surface area contributed by atoms with Crippen LogP contribution in [0.15, 0.2) is 18.2 Å². The average Bonchev–Trinajstić information content (AvgIpc) is 2.00. The third-order valence-corrected chi connectivity index (χ3v) is 2.50. The van der Waals surface area contributed by atoms with E-state index in [1.165, 1.54) is 0 Å². The molecule has 1 saturated heterocycles. The summed E-state index contributed by atoms with van der Waals surface area (Å²) in [6, 6.07) is 6.14. The zero-order valence-corrected chi connectivity index (χ0v) is 8.83. The quantitative estimate of drug-likeness (QED) is 0.756. The van der Waals surface area contributed by atoms with Gasteiger partial charge in [0.25, 0.3) is 0 Å². The van der Waals surface area contributed by atoms with Gasteiger partial charge in [-0.15, -0.1) is 0 Å². The van der Waals surface area contributed by atoms with Crippen LogP contribution in [0.5, 0.6) is 0 Å². The SMILES string of the molecule is Cc1cccc(CN2CC(C)(N)C2)n1. The molecule has 0 bridgehead atoms. The molecule has 1 aromatic heterocycles. The second-order valence-electron chi connectivity index (χ2n) is 4.57. The molecular weight excluding hydrogens is 174 g/mol. The molecule has 1 aliphatic heterocycles. The molecule has 14 heavy (non-hydrogen) atoms. The van der Waals surface area contributed by atoms with E-state index in [4.69, 9.17) is 5.73 Å². The number of likely N-dealkylation sites (tertiary alicyclic amines) is 1. The van der Waals surface area contributed by atoms with E-state index in [1.54, 1.807) is 0 Å². The lowest BCUT2D eigenvalue weighted by atomic mass is 9.94. The van der Waals surface area contributed by atoms with Crippen molar-refractivity contribution in [2.75, 3.05) is 13.1 Å². The highest BCUT2D eigenvalue weighted by Gasteiger charge is 2.34. The standard InChI is InChI=1S/C11H17N3/c1-9-4-3-5-10(13-9)6-14-7-11(2,12)8-14/h3-5H,6-8,12H2,1-2H3. The Morgan fingerprint density at radius 1 is 1.50 bits per heavy atom. The van der Waals surface area contributed by atoms with Crippen LogP contribution in [0.3, 0.4) is 0 Å². The first-order valence-corrected chi connectivity index (χ1v) is 4.99. The van der Waals surface area contributed by atoms with Crippen molar-refractivity contribution in [3.63, 3.8) is 0 Å². The van der Waals surface area contributed by atoms with E-state index < -0.39 is 0 Å². The lowest BCUT2D eigenvalue weighted by Gasteiger charge is -2.45. The van der Waals surface area contributed by atoms with Gasteiger partial charge in [-0.05, 0) is 26.0 Å². The lowest BCUT2D eigenvalue weighted by molar-refractivity contribution is 0.0751. The Labute approximate surface area is 84.9 Å².